The zero-order valence-electron chi connectivity index (χ0n) is 11.0. The van der Waals surface area contributed by atoms with Gasteiger partial charge in [0.1, 0.15) is 5.75 Å². The molecule has 0 unspecified atom stereocenters. The van der Waals surface area contributed by atoms with Gasteiger partial charge in [0.2, 0.25) is 0 Å². The number of hydrogen-bond donors (Lipinski definition) is 1. The van der Waals surface area contributed by atoms with E-state index < -0.39 is 0 Å². The lowest BCUT2D eigenvalue weighted by molar-refractivity contribution is 0.102. The molecular formula is C15H13Cl2NO2. The standard InChI is InChI=1S/C15H13Cl2NO2/c1-9-4-3-5-11(6-9)18-15(19)12-7-10(16)8-13(17)14(12)20-2/h3-8H,1-2H3,(H,18,19). The average Bonchev–Trinajstić information content (AvgIpc) is 2.37. The number of rotatable bonds is 3. The molecule has 0 aliphatic heterocycles. The molecule has 5 heteroatoms. The second-order valence-corrected chi connectivity index (χ2v) is 5.14. The van der Waals surface area contributed by atoms with Crippen molar-refractivity contribution in [1.82, 2.24) is 0 Å². The van der Waals surface area contributed by atoms with Crippen molar-refractivity contribution >= 4 is 34.8 Å². The number of carbonyl (C=O) groups is 1. The summed E-state index contributed by atoms with van der Waals surface area (Å²) in [5.41, 5.74) is 2.05. The molecule has 3 nitrogen and oxygen atoms in total. The van der Waals surface area contributed by atoms with Crippen molar-refractivity contribution in [2.75, 3.05) is 12.4 Å². The summed E-state index contributed by atoms with van der Waals surface area (Å²) >= 11 is 11.9. The third-order valence-electron chi connectivity index (χ3n) is 2.73. The van der Waals surface area contributed by atoms with Gasteiger partial charge >= 0.3 is 0 Å². The lowest BCUT2D eigenvalue weighted by Gasteiger charge is -2.11. The predicted molar refractivity (Wildman–Crippen MR) is 82.1 cm³/mol. The van der Waals surface area contributed by atoms with Crippen LogP contribution in [0.2, 0.25) is 10.0 Å². The van der Waals surface area contributed by atoms with E-state index in [1.807, 2.05) is 31.2 Å². The van der Waals surface area contributed by atoms with Crippen LogP contribution in [0.5, 0.6) is 5.75 Å². The van der Waals surface area contributed by atoms with Gasteiger partial charge in [0, 0.05) is 10.7 Å². The van der Waals surface area contributed by atoms with Crippen molar-refractivity contribution in [1.29, 1.82) is 0 Å². The number of methoxy groups -OCH3 is 1. The summed E-state index contributed by atoms with van der Waals surface area (Å²) < 4.78 is 5.16. The first-order valence-corrected chi connectivity index (χ1v) is 6.68. The molecule has 0 bridgehead atoms. The molecule has 0 fully saturated rings. The second-order valence-electron chi connectivity index (χ2n) is 4.29. The fraction of sp³-hybridized carbons (Fsp3) is 0.133. The van der Waals surface area contributed by atoms with Crippen LogP contribution < -0.4 is 10.1 Å². The van der Waals surface area contributed by atoms with E-state index in [0.29, 0.717) is 27.0 Å². The van der Waals surface area contributed by atoms with Gasteiger partial charge in [0.25, 0.3) is 5.91 Å². The Balaban J connectivity index is 2.34. The molecule has 0 saturated carbocycles. The van der Waals surface area contributed by atoms with Gasteiger partial charge in [-0.1, -0.05) is 35.3 Å². The van der Waals surface area contributed by atoms with E-state index in [1.165, 1.54) is 19.2 Å². The number of carbonyl (C=O) groups excluding carboxylic acids is 1. The Hall–Kier alpha value is -1.71. The first-order chi connectivity index (χ1) is 9.51. The number of halogens is 2. The van der Waals surface area contributed by atoms with E-state index in [0.717, 1.165) is 5.56 Å². The van der Waals surface area contributed by atoms with E-state index in [-0.39, 0.29) is 5.91 Å². The molecule has 104 valence electrons. The molecule has 2 aromatic carbocycles. The highest BCUT2D eigenvalue weighted by atomic mass is 35.5. The highest BCUT2D eigenvalue weighted by Gasteiger charge is 2.16. The van der Waals surface area contributed by atoms with Crippen LogP contribution in [-0.2, 0) is 0 Å². The minimum atomic E-state index is -0.322. The first kappa shape index (κ1) is 14.7. The highest BCUT2D eigenvalue weighted by molar-refractivity contribution is 6.36. The maximum atomic E-state index is 12.3. The number of ether oxygens (including phenoxy) is 1. The van der Waals surface area contributed by atoms with E-state index >= 15 is 0 Å². The summed E-state index contributed by atoms with van der Waals surface area (Å²) in [6.45, 7) is 1.95. The summed E-state index contributed by atoms with van der Waals surface area (Å²) in [5, 5.41) is 3.47. The fourth-order valence-electron chi connectivity index (χ4n) is 1.86. The van der Waals surface area contributed by atoms with Crippen LogP contribution in [-0.4, -0.2) is 13.0 Å². The van der Waals surface area contributed by atoms with Gasteiger partial charge in [-0.15, -0.1) is 0 Å². The molecule has 0 aliphatic carbocycles. The van der Waals surface area contributed by atoms with E-state index in [9.17, 15) is 4.79 Å². The van der Waals surface area contributed by atoms with E-state index in [4.69, 9.17) is 27.9 Å². The van der Waals surface area contributed by atoms with Gasteiger partial charge in [0.15, 0.2) is 0 Å². The monoisotopic (exact) mass is 309 g/mol. The van der Waals surface area contributed by atoms with Gasteiger partial charge in [-0.05, 0) is 36.8 Å². The third-order valence-corrected chi connectivity index (χ3v) is 3.23. The fourth-order valence-corrected chi connectivity index (χ4v) is 2.43. The maximum Gasteiger partial charge on any atom is 0.259 e. The lowest BCUT2D eigenvalue weighted by Crippen LogP contribution is -2.13. The molecule has 0 aliphatic rings. The summed E-state index contributed by atoms with van der Waals surface area (Å²) in [6.07, 6.45) is 0. The van der Waals surface area contributed by atoms with Gasteiger partial charge < -0.3 is 10.1 Å². The van der Waals surface area contributed by atoms with Gasteiger partial charge in [-0.3, -0.25) is 4.79 Å². The van der Waals surface area contributed by atoms with Crippen molar-refractivity contribution in [2.45, 2.75) is 6.92 Å². The van der Waals surface area contributed by atoms with E-state index in [1.54, 1.807) is 0 Å². The average molecular weight is 310 g/mol. The van der Waals surface area contributed by atoms with Crippen LogP contribution in [0.4, 0.5) is 5.69 Å². The summed E-state index contributed by atoms with van der Waals surface area (Å²) in [4.78, 5) is 12.3. The molecule has 0 radical (unpaired) electrons. The SMILES string of the molecule is COc1c(Cl)cc(Cl)cc1C(=O)Nc1cccc(C)c1. The molecule has 0 saturated heterocycles. The molecular weight excluding hydrogens is 297 g/mol. The topological polar surface area (TPSA) is 38.3 Å². The lowest BCUT2D eigenvalue weighted by atomic mass is 10.1. The number of benzene rings is 2. The Morgan fingerprint density at radius 2 is 1.95 bits per heavy atom. The second kappa shape index (κ2) is 6.16. The zero-order chi connectivity index (χ0) is 14.7. The number of aryl methyl sites for hydroxylation is 1. The number of anilines is 1. The molecule has 2 aromatic rings. The zero-order valence-corrected chi connectivity index (χ0v) is 12.5. The van der Waals surface area contributed by atoms with Crippen LogP contribution in [0.25, 0.3) is 0 Å². The minimum absolute atomic E-state index is 0.298. The quantitative estimate of drug-likeness (QED) is 0.902. The summed E-state index contributed by atoms with van der Waals surface area (Å²) in [7, 11) is 1.46. The molecule has 0 atom stereocenters. The number of nitrogens with one attached hydrogen (secondary N) is 1. The smallest absolute Gasteiger partial charge is 0.259 e. The van der Waals surface area contributed by atoms with Crippen LogP contribution in [0.1, 0.15) is 15.9 Å². The Morgan fingerprint density at radius 3 is 2.60 bits per heavy atom. The summed E-state index contributed by atoms with van der Waals surface area (Å²) in [5.74, 6) is -0.0157. The van der Waals surface area contributed by atoms with Crippen molar-refractivity contribution in [3.05, 3.63) is 57.6 Å². The maximum absolute atomic E-state index is 12.3. The molecule has 20 heavy (non-hydrogen) atoms. The van der Waals surface area contributed by atoms with Crippen LogP contribution in [0, 0.1) is 6.92 Å². The molecule has 0 heterocycles. The van der Waals surface area contributed by atoms with Crippen LogP contribution in [0.3, 0.4) is 0 Å². The Labute approximate surface area is 127 Å². The van der Waals surface area contributed by atoms with Crippen molar-refractivity contribution in [2.24, 2.45) is 0 Å². The number of hydrogen-bond acceptors (Lipinski definition) is 2. The van der Waals surface area contributed by atoms with Gasteiger partial charge in [0.05, 0.1) is 17.7 Å². The van der Waals surface area contributed by atoms with Crippen molar-refractivity contribution in [3.63, 3.8) is 0 Å². The molecule has 1 N–H and O–H groups in total. The van der Waals surface area contributed by atoms with Crippen LogP contribution in [0.15, 0.2) is 36.4 Å². The van der Waals surface area contributed by atoms with Gasteiger partial charge in [-0.25, -0.2) is 0 Å². The predicted octanol–water partition coefficient (Wildman–Crippen LogP) is 4.56. The van der Waals surface area contributed by atoms with Crippen LogP contribution >= 0.6 is 23.2 Å². The van der Waals surface area contributed by atoms with Crippen molar-refractivity contribution in [3.8, 4) is 5.75 Å². The molecule has 2 rings (SSSR count). The number of amides is 1. The molecule has 1 amide bonds. The third kappa shape index (κ3) is 3.24. The normalized spacial score (nSPS) is 10.2. The van der Waals surface area contributed by atoms with Crippen molar-refractivity contribution < 1.29 is 9.53 Å². The Morgan fingerprint density at radius 1 is 1.20 bits per heavy atom. The molecule has 0 spiro atoms. The first-order valence-electron chi connectivity index (χ1n) is 5.92. The Kier molecular flexibility index (Phi) is 4.53. The van der Waals surface area contributed by atoms with E-state index in [2.05, 4.69) is 5.32 Å². The summed E-state index contributed by atoms with van der Waals surface area (Å²) in [6, 6.07) is 10.6. The molecule has 0 aromatic heterocycles. The van der Waals surface area contributed by atoms with Gasteiger partial charge in [-0.2, -0.15) is 0 Å². The largest absolute Gasteiger partial charge is 0.494 e. The Bertz CT molecular complexity index is 656. The highest BCUT2D eigenvalue weighted by Crippen LogP contribution is 2.32. The minimum Gasteiger partial charge on any atom is -0.494 e.